The van der Waals surface area contributed by atoms with Crippen LogP contribution in [0.3, 0.4) is 0 Å². The molecule has 0 saturated heterocycles. The third-order valence-electron chi connectivity index (χ3n) is 3.57. The highest BCUT2D eigenvalue weighted by Gasteiger charge is 2.49. The second-order valence-electron chi connectivity index (χ2n) is 4.81. The summed E-state index contributed by atoms with van der Waals surface area (Å²) >= 11 is 0. The van der Waals surface area contributed by atoms with Crippen molar-refractivity contribution in [1.29, 1.82) is 0 Å². The zero-order valence-corrected chi connectivity index (χ0v) is 9.91. The van der Waals surface area contributed by atoms with E-state index in [4.69, 9.17) is 4.74 Å². The van der Waals surface area contributed by atoms with Gasteiger partial charge in [-0.25, -0.2) is 0 Å². The van der Waals surface area contributed by atoms with E-state index in [1.807, 2.05) is 6.92 Å². The number of fused-ring (bicyclic) bond motifs is 1. The van der Waals surface area contributed by atoms with Gasteiger partial charge in [0, 0.05) is 6.07 Å². The monoisotopic (exact) mass is 233 g/mol. The van der Waals surface area contributed by atoms with Gasteiger partial charge in [0.2, 0.25) is 11.8 Å². The van der Waals surface area contributed by atoms with Crippen LogP contribution in [0.1, 0.15) is 19.8 Å². The van der Waals surface area contributed by atoms with Crippen LogP contribution < -0.4 is 15.4 Å². The van der Waals surface area contributed by atoms with Crippen LogP contribution in [-0.2, 0) is 4.79 Å². The van der Waals surface area contributed by atoms with Gasteiger partial charge in [0.15, 0.2) is 5.82 Å². The summed E-state index contributed by atoms with van der Waals surface area (Å²) in [5.41, 5.74) is 0.181. The van der Waals surface area contributed by atoms with E-state index in [0.29, 0.717) is 23.3 Å². The molecule has 2 aliphatic rings. The van der Waals surface area contributed by atoms with Gasteiger partial charge in [-0.15, -0.1) is 0 Å². The molecule has 1 aliphatic heterocycles. The summed E-state index contributed by atoms with van der Waals surface area (Å²) in [5, 5.41) is 6.16. The maximum atomic E-state index is 12.1. The Morgan fingerprint density at radius 3 is 2.88 bits per heavy atom. The Balaban J connectivity index is 1.99. The van der Waals surface area contributed by atoms with Crippen molar-refractivity contribution in [3.8, 4) is 5.88 Å². The average molecular weight is 233 g/mol. The number of hydrogen-bond acceptors (Lipinski definition) is 4. The van der Waals surface area contributed by atoms with E-state index in [1.165, 1.54) is 0 Å². The molecule has 2 N–H and O–H groups in total. The van der Waals surface area contributed by atoms with Crippen molar-refractivity contribution in [2.75, 3.05) is 17.7 Å². The lowest BCUT2D eigenvalue weighted by molar-refractivity contribution is -0.120. The molecule has 1 amide bonds. The van der Waals surface area contributed by atoms with Crippen LogP contribution in [0, 0.1) is 5.92 Å². The molecule has 0 radical (unpaired) electrons. The summed E-state index contributed by atoms with van der Waals surface area (Å²) in [4.78, 5) is 16.4. The first-order valence-electron chi connectivity index (χ1n) is 5.78. The molecule has 90 valence electrons. The molecule has 0 spiro atoms. The molecule has 1 aliphatic carbocycles. The first kappa shape index (κ1) is 10.4. The molecular weight excluding hydrogens is 218 g/mol. The Hall–Kier alpha value is -1.78. The molecule has 1 aromatic rings. The summed E-state index contributed by atoms with van der Waals surface area (Å²) in [6, 6.07) is 3.54. The van der Waals surface area contributed by atoms with E-state index >= 15 is 0 Å². The highest BCUT2D eigenvalue weighted by molar-refractivity contribution is 6.05. The molecule has 1 unspecified atom stereocenters. The van der Waals surface area contributed by atoms with Gasteiger partial charge in [-0.05, 0) is 31.7 Å². The number of pyridine rings is 1. The zero-order chi connectivity index (χ0) is 12.0. The van der Waals surface area contributed by atoms with Crippen LogP contribution in [0.2, 0.25) is 0 Å². The highest BCUT2D eigenvalue weighted by atomic mass is 16.5. The van der Waals surface area contributed by atoms with Crippen LogP contribution in [0.5, 0.6) is 5.88 Å². The summed E-state index contributed by atoms with van der Waals surface area (Å²) < 4.78 is 5.09. The fraction of sp³-hybridized carbons (Fsp3) is 0.500. The van der Waals surface area contributed by atoms with Crippen molar-refractivity contribution in [1.82, 2.24) is 4.98 Å². The molecule has 1 fully saturated rings. The topological polar surface area (TPSA) is 63.2 Å². The van der Waals surface area contributed by atoms with E-state index < -0.39 is 5.54 Å². The minimum absolute atomic E-state index is 0.0273. The predicted molar refractivity (Wildman–Crippen MR) is 64.2 cm³/mol. The highest BCUT2D eigenvalue weighted by Crippen LogP contribution is 2.44. The van der Waals surface area contributed by atoms with Crippen molar-refractivity contribution in [2.24, 2.45) is 5.92 Å². The van der Waals surface area contributed by atoms with E-state index in [9.17, 15) is 4.79 Å². The van der Waals surface area contributed by atoms with Gasteiger partial charge in [-0.1, -0.05) is 0 Å². The first-order chi connectivity index (χ1) is 8.13. The first-order valence-corrected chi connectivity index (χ1v) is 5.78. The van der Waals surface area contributed by atoms with Gasteiger partial charge in [0.25, 0.3) is 0 Å². The maximum absolute atomic E-state index is 12.1. The molecule has 0 bridgehead atoms. The average Bonchev–Trinajstić information content (AvgIpc) is 3.14. The maximum Gasteiger partial charge on any atom is 0.250 e. The Bertz CT molecular complexity index is 485. The lowest BCUT2D eigenvalue weighted by Crippen LogP contribution is -2.52. The van der Waals surface area contributed by atoms with Crippen LogP contribution >= 0.6 is 0 Å². The third kappa shape index (κ3) is 1.53. The number of aromatic nitrogens is 1. The van der Waals surface area contributed by atoms with Gasteiger partial charge in [0.05, 0.1) is 12.8 Å². The van der Waals surface area contributed by atoms with E-state index in [-0.39, 0.29) is 5.91 Å². The number of amides is 1. The Morgan fingerprint density at radius 1 is 1.47 bits per heavy atom. The molecule has 1 saturated carbocycles. The largest absolute Gasteiger partial charge is 0.481 e. The quantitative estimate of drug-likeness (QED) is 0.814. The third-order valence-corrected chi connectivity index (χ3v) is 3.57. The van der Waals surface area contributed by atoms with E-state index in [1.54, 1.807) is 19.2 Å². The number of rotatable bonds is 2. The summed E-state index contributed by atoms with van der Waals surface area (Å²) in [6.45, 7) is 1.93. The Morgan fingerprint density at radius 2 is 2.24 bits per heavy atom. The van der Waals surface area contributed by atoms with Gasteiger partial charge < -0.3 is 15.4 Å². The van der Waals surface area contributed by atoms with Crippen LogP contribution in [-0.4, -0.2) is 23.5 Å². The van der Waals surface area contributed by atoms with Crippen LogP contribution in [0.15, 0.2) is 12.1 Å². The number of carbonyl (C=O) groups is 1. The Labute approximate surface area is 99.6 Å². The molecule has 5 nitrogen and oxygen atoms in total. The normalized spacial score (nSPS) is 26.8. The molecule has 2 heterocycles. The summed E-state index contributed by atoms with van der Waals surface area (Å²) in [6.07, 6.45) is 2.19. The van der Waals surface area contributed by atoms with Crippen LogP contribution in [0.4, 0.5) is 11.5 Å². The molecule has 0 aromatic carbocycles. The van der Waals surface area contributed by atoms with Gasteiger partial charge in [0.1, 0.15) is 5.54 Å². The van der Waals surface area contributed by atoms with Crippen LogP contribution in [0.25, 0.3) is 0 Å². The second-order valence-corrected chi connectivity index (χ2v) is 4.81. The van der Waals surface area contributed by atoms with Gasteiger partial charge in [-0.3, -0.25) is 4.79 Å². The minimum Gasteiger partial charge on any atom is -0.481 e. The Kier molecular flexibility index (Phi) is 2.05. The molecule has 5 heteroatoms. The number of anilines is 2. The van der Waals surface area contributed by atoms with E-state index in [0.717, 1.165) is 12.8 Å². The van der Waals surface area contributed by atoms with Crippen molar-refractivity contribution < 1.29 is 9.53 Å². The molecule has 3 rings (SSSR count). The number of hydrogen-bond donors (Lipinski definition) is 2. The SMILES string of the molecule is COc1ccc2c(n1)NC(C)(C1CC1)C(=O)N2. The second kappa shape index (κ2) is 3.35. The van der Waals surface area contributed by atoms with Crippen molar-refractivity contribution in [2.45, 2.75) is 25.3 Å². The fourth-order valence-electron chi connectivity index (χ4n) is 2.25. The number of nitrogens with one attached hydrogen (secondary N) is 2. The van der Waals surface area contributed by atoms with Gasteiger partial charge in [-0.2, -0.15) is 4.98 Å². The molecule has 1 atom stereocenters. The summed E-state index contributed by atoms with van der Waals surface area (Å²) in [5.74, 6) is 1.67. The lowest BCUT2D eigenvalue weighted by Gasteiger charge is -2.35. The standard InChI is InChI=1S/C12H15N3O2/c1-12(7-3-4-7)11(16)13-8-5-6-9(17-2)14-10(8)15-12/h5-7H,3-4H2,1-2H3,(H,13,16)(H,14,15). The predicted octanol–water partition coefficient (Wildman–Crippen LogP) is 1.62. The fourth-order valence-corrected chi connectivity index (χ4v) is 2.25. The molecule has 1 aromatic heterocycles. The lowest BCUT2D eigenvalue weighted by atomic mass is 9.92. The van der Waals surface area contributed by atoms with Gasteiger partial charge >= 0.3 is 0 Å². The summed E-state index contributed by atoms with van der Waals surface area (Å²) in [7, 11) is 1.58. The molecular formula is C12H15N3O2. The number of carbonyl (C=O) groups excluding carboxylic acids is 1. The van der Waals surface area contributed by atoms with Crippen molar-refractivity contribution in [3.05, 3.63) is 12.1 Å². The molecule has 17 heavy (non-hydrogen) atoms. The minimum atomic E-state index is -0.535. The van der Waals surface area contributed by atoms with Crippen molar-refractivity contribution in [3.63, 3.8) is 0 Å². The van der Waals surface area contributed by atoms with E-state index in [2.05, 4.69) is 15.6 Å². The van der Waals surface area contributed by atoms with Crippen molar-refractivity contribution >= 4 is 17.4 Å². The number of methoxy groups -OCH3 is 1. The zero-order valence-electron chi connectivity index (χ0n) is 9.91. The smallest absolute Gasteiger partial charge is 0.250 e. The number of nitrogens with zero attached hydrogens (tertiary/aromatic N) is 1. The number of ether oxygens (including phenoxy) is 1.